The van der Waals surface area contributed by atoms with Crippen LogP contribution >= 0.6 is 0 Å². The third-order valence-corrected chi connectivity index (χ3v) is 4.13. The highest BCUT2D eigenvalue weighted by Crippen LogP contribution is 2.18. The summed E-state index contributed by atoms with van der Waals surface area (Å²) >= 11 is 0. The molecule has 5 nitrogen and oxygen atoms in total. The number of hydrogen-bond acceptors (Lipinski definition) is 4. The maximum atomic E-state index is 12.7. The van der Waals surface area contributed by atoms with E-state index in [4.69, 9.17) is 0 Å². The average Bonchev–Trinajstić information content (AvgIpc) is 2.55. The standard InChI is InChI=1S/C17H20N4O/c1-13-16(14(2)19-12-18-13)17(22)21-10-8-20(9-11-21)15-6-4-3-5-7-15/h3-7,12H,8-11H2,1-2H3. The monoisotopic (exact) mass is 296 g/mol. The number of carbonyl (C=O) groups excluding carboxylic acids is 1. The molecule has 0 unspecified atom stereocenters. The molecule has 1 fully saturated rings. The molecule has 1 aromatic heterocycles. The number of aromatic nitrogens is 2. The fourth-order valence-corrected chi connectivity index (χ4v) is 2.87. The van der Waals surface area contributed by atoms with Crippen molar-refractivity contribution in [3.8, 4) is 0 Å². The molecule has 0 radical (unpaired) electrons. The summed E-state index contributed by atoms with van der Waals surface area (Å²) in [4.78, 5) is 25.2. The van der Waals surface area contributed by atoms with Crippen molar-refractivity contribution in [2.24, 2.45) is 0 Å². The molecule has 1 saturated heterocycles. The van der Waals surface area contributed by atoms with Gasteiger partial charge in [-0.15, -0.1) is 0 Å². The molecule has 22 heavy (non-hydrogen) atoms. The molecule has 0 saturated carbocycles. The van der Waals surface area contributed by atoms with Gasteiger partial charge in [0.1, 0.15) is 6.33 Å². The van der Waals surface area contributed by atoms with E-state index in [1.807, 2.05) is 36.9 Å². The predicted octanol–water partition coefficient (Wildman–Crippen LogP) is 2.06. The van der Waals surface area contributed by atoms with Crippen LogP contribution in [-0.2, 0) is 0 Å². The molecular weight excluding hydrogens is 276 g/mol. The van der Waals surface area contributed by atoms with Gasteiger partial charge in [0.15, 0.2) is 0 Å². The van der Waals surface area contributed by atoms with E-state index in [0.717, 1.165) is 37.6 Å². The Morgan fingerprint density at radius 3 is 2.14 bits per heavy atom. The van der Waals surface area contributed by atoms with Crippen LogP contribution in [0.3, 0.4) is 0 Å². The van der Waals surface area contributed by atoms with Crippen LogP contribution in [-0.4, -0.2) is 47.0 Å². The molecular formula is C17H20N4O. The lowest BCUT2D eigenvalue weighted by molar-refractivity contribution is 0.0744. The van der Waals surface area contributed by atoms with Gasteiger partial charge < -0.3 is 9.80 Å². The number of carbonyl (C=O) groups is 1. The molecule has 0 atom stereocenters. The first kappa shape index (κ1) is 14.5. The van der Waals surface area contributed by atoms with Crippen molar-refractivity contribution in [3.05, 3.63) is 53.6 Å². The number of rotatable bonds is 2. The molecule has 2 aromatic rings. The summed E-state index contributed by atoms with van der Waals surface area (Å²) in [5.74, 6) is 0.0447. The fourth-order valence-electron chi connectivity index (χ4n) is 2.87. The van der Waals surface area contributed by atoms with E-state index in [1.165, 1.54) is 12.0 Å². The minimum Gasteiger partial charge on any atom is -0.368 e. The Bertz CT molecular complexity index is 643. The van der Waals surface area contributed by atoms with E-state index in [0.29, 0.717) is 5.56 Å². The van der Waals surface area contributed by atoms with Crippen molar-refractivity contribution in [3.63, 3.8) is 0 Å². The molecule has 1 aliphatic rings. The van der Waals surface area contributed by atoms with E-state index in [1.54, 1.807) is 0 Å². The third kappa shape index (κ3) is 2.79. The molecule has 1 aliphatic heterocycles. The van der Waals surface area contributed by atoms with Crippen molar-refractivity contribution >= 4 is 11.6 Å². The number of nitrogens with zero attached hydrogens (tertiary/aromatic N) is 4. The van der Waals surface area contributed by atoms with Crippen LogP contribution < -0.4 is 4.90 Å². The SMILES string of the molecule is Cc1ncnc(C)c1C(=O)N1CCN(c2ccccc2)CC1. The number of aryl methyl sites for hydroxylation is 2. The second-order valence-electron chi connectivity index (χ2n) is 5.53. The molecule has 1 amide bonds. The van der Waals surface area contributed by atoms with Gasteiger partial charge in [-0.25, -0.2) is 9.97 Å². The summed E-state index contributed by atoms with van der Waals surface area (Å²) in [5, 5.41) is 0. The van der Waals surface area contributed by atoms with Crippen LogP contribution in [0.1, 0.15) is 21.7 Å². The topological polar surface area (TPSA) is 49.3 Å². The zero-order valence-electron chi connectivity index (χ0n) is 13.0. The van der Waals surface area contributed by atoms with Crippen molar-refractivity contribution in [1.82, 2.24) is 14.9 Å². The second kappa shape index (κ2) is 6.13. The Labute approximate surface area is 130 Å². The number of amides is 1. The Hall–Kier alpha value is -2.43. The van der Waals surface area contributed by atoms with Gasteiger partial charge in [-0.3, -0.25) is 4.79 Å². The van der Waals surface area contributed by atoms with Crippen LogP contribution in [0, 0.1) is 13.8 Å². The summed E-state index contributed by atoms with van der Waals surface area (Å²) in [6.45, 7) is 6.87. The Morgan fingerprint density at radius 2 is 1.55 bits per heavy atom. The van der Waals surface area contributed by atoms with E-state index in [-0.39, 0.29) is 5.91 Å². The molecule has 5 heteroatoms. The molecule has 0 N–H and O–H groups in total. The van der Waals surface area contributed by atoms with Crippen LogP contribution in [0.25, 0.3) is 0 Å². The number of para-hydroxylation sites is 1. The first-order chi connectivity index (χ1) is 10.7. The first-order valence-electron chi connectivity index (χ1n) is 7.54. The highest BCUT2D eigenvalue weighted by molar-refractivity contribution is 5.96. The van der Waals surface area contributed by atoms with Crippen LogP contribution in [0.2, 0.25) is 0 Å². The maximum Gasteiger partial charge on any atom is 0.257 e. The van der Waals surface area contributed by atoms with Gasteiger partial charge in [0, 0.05) is 31.9 Å². The van der Waals surface area contributed by atoms with Crippen molar-refractivity contribution in [2.45, 2.75) is 13.8 Å². The molecule has 0 spiro atoms. The van der Waals surface area contributed by atoms with Gasteiger partial charge in [0.25, 0.3) is 5.91 Å². The lowest BCUT2D eigenvalue weighted by Gasteiger charge is -2.36. The van der Waals surface area contributed by atoms with Gasteiger partial charge in [-0.2, -0.15) is 0 Å². The third-order valence-electron chi connectivity index (χ3n) is 4.13. The highest BCUT2D eigenvalue weighted by Gasteiger charge is 2.25. The minimum atomic E-state index is 0.0447. The molecule has 2 heterocycles. The van der Waals surface area contributed by atoms with Crippen LogP contribution in [0.4, 0.5) is 5.69 Å². The summed E-state index contributed by atoms with van der Waals surface area (Å²) in [6, 6.07) is 10.3. The van der Waals surface area contributed by atoms with Gasteiger partial charge in [0.05, 0.1) is 17.0 Å². The predicted molar refractivity (Wildman–Crippen MR) is 86.1 cm³/mol. The van der Waals surface area contributed by atoms with Gasteiger partial charge in [-0.05, 0) is 26.0 Å². The normalized spacial score (nSPS) is 15.0. The van der Waals surface area contributed by atoms with Crippen LogP contribution in [0.15, 0.2) is 36.7 Å². The highest BCUT2D eigenvalue weighted by atomic mass is 16.2. The number of benzene rings is 1. The molecule has 3 rings (SSSR count). The zero-order chi connectivity index (χ0) is 15.5. The maximum absolute atomic E-state index is 12.7. The lowest BCUT2D eigenvalue weighted by Crippen LogP contribution is -2.49. The van der Waals surface area contributed by atoms with E-state index in [2.05, 4.69) is 27.0 Å². The summed E-state index contributed by atoms with van der Waals surface area (Å²) < 4.78 is 0. The van der Waals surface area contributed by atoms with Crippen molar-refractivity contribution in [2.75, 3.05) is 31.1 Å². The Balaban J connectivity index is 1.70. The molecule has 0 bridgehead atoms. The zero-order valence-corrected chi connectivity index (χ0v) is 13.0. The summed E-state index contributed by atoms with van der Waals surface area (Å²) in [5.41, 5.74) is 3.37. The summed E-state index contributed by atoms with van der Waals surface area (Å²) in [7, 11) is 0. The van der Waals surface area contributed by atoms with Crippen molar-refractivity contribution < 1.29 is 4.79 Å². The number of anilines is 1. The van der Waals surface area contributed by atoms with Gasteiger partial charge >= 0.3 is 0 Å². The molecule has 114 valence electrons. The number of piperazine rings is 1. The van der Waals surface area contributed by atoms with E-state index >= 15 is 0 Å². The smallest absolute Gasteiger partial charge is 0.257 e. The lowest BCUT2D eigenvalue weighted by atomic mass is 10.1. The second-order valence-corrected chi connectivity index (χ2v) is 5.53. The molecule has 0 aliphatic carbocycles. The van der Waals surface area contributed by atoms with Gasteiger partial charge in [-0.1, -0.05) is 18.2 Å². The van der Waals surface area contributed by atoms with E-state index < -0.39 is 0 Å². The quantitative estimate of drug-likeness (QED) is 0.851. The number of hydrogen-bond donors (Lipinski definition) is 0. The van der Waals surface area contributed by atoms with Crippen LogP contribution in [0.5, 0.6) is 0 Å². The Morgan fingerprint density at radius 1 is 0.955 bits per heavy atom. The van der Waals surface area contributed by atoms with Crippen molar-refractivity contribution in [1.29, 1.82) is 0 Å². The fraction of sp³-hybridized carbons (Fsp3) is 0.353. The first-order valence-corrected chi connectivity index (χ1v) is 7.54. The van der Waals surface area contributed by atoms with E-state index in [9.17, 15) is 4.79 Å². The summed E-state index contributed by atoms with van der Waals surface area (Å²) in [6.07, 6.45) is 1.51. The Kier molecular flexibility index (Phi) is 4.04. The average molecular weight is 296 g/mol. The molecule has 1 aromatic carbocycles. The van der Waals surface area contributed by atoms with Gasteiger partial charge in [0.2, 0.25) is 0 Å². The minimum absolute atomic E-state index is 0.0447. The largest absolute Gasteiger partial charge is 0.368 e.